The molecule has 1 atom stereocenters. The lowest BCUT2D eigenvalue weighted by atomic mass is 10.3. The van der Waals surface area contributed by atoms with Crippen LogP contribution in [0.25, 0.3) is 0 Å². The summed E-state index contributed by atoms with van der Waals surface area (Å²) in [5.74, 6) is -1.32. The molecule has 0 saturated carbocycles. The Morgan fingerprint density at radius 1 is 1.50 bits per heavy atom. The van der Waals surface area contributed by atoms with E-state index in [-0.39, 0.29) is 12.2 Å². The van der Waals surface area contributed by atoms with Crippen LogP contribution in [0.1, 0.15) is 6.92 Å². The first-order chi connectivity index (χ1) is 6.50. The second-order valence-electron chi connectivity index (χ2n) is 2.97. The molecule has 1 unspecified atom stereocenters. The van der Waals surface area contributed by atoms with Crippen LogP contribution in [-0.2, 0) is 0 Å². The van der Waals surface area contributed by atoms with E-state index in [0.29, 0.717) is 4.47 Å². The Morgan fingerprint density at radius 2 is 2.14 bits per heavy atom. The van der Waals surface area contributed by atoms with Gasteiger partial charge >= 0.3 is 0 Å². The van der Waals surface area contributed by atoms with Crippen molar-refractivity contribution in [3.05, 3.63) is 28.2 Å². The van der Waals surface area contributed by atoms with E-state index in [1.54, 1.807) is 6.92 Å². The highest BCUT2D eigenvalue weighted by Crippen LogP contribution is 2.26. The first kappa shape index (κ1) is 11.4. The van der Waals surface area contributed by atoms with Crippen molar-refractivity contribution in [2.45, 2.75) is 13.0 Å². The van der Waals surface area contributed by atoms with Gasteiger partial charge in [0.25, 0.3) is 0 Å². The van der Waals surface area contributed by atoms with Crippen molar-refractivity contribution in [2.24, 2.45) is 0 Å². The molecule has 14 heavy (non-hydrogen) atoms. The summed E-state index contributed by atoms with van der Waals surface area (Å²) >= 11 is 3.02. The normalized spacial score (nSPS) is 12.6. The van der Waals surface area contributed by atoms with Crippen molar-refractivity contribution < 1.29 is 13.9 Å². The molecule has 2 N–H and O–H groups in total. The summed E-state index contributed by atoms with van der Waals surface area (Å²) in [6, 6.07) is 1.95. The minimum atomic E-state index is -0.683. The molecule has 1 aromatic carbocycles. The lowest BCUT2D eigenvalue weighted by Crippen LogP contribution is -2.16. The van der Waals surface area contributed by atoms with Crippen molar-refractivity contribution in [1.82, 2.24) is 0 Å². The van der Waals surface area contributed by atoms with Crippen LogP contribution in [0, 0.1) is 11.6 Å². The quantitative estimate of drug-likeness (QED) is 0.881. The van der Waals surface area contributed by atoms with Crippen molar-refractivity contribution in [3.8, 4) is 0 Å². The molecule has 0 saturated heterocycles. The van der Waals surface area contributed by atoms with E-state index in [4.69, 9.17) is 5.11 Å². The van der Waals surface area contributed by atoms with Crippen LogP contribution in [-0.4, -0.2) is 17.8 Å². The van der Waals surface area contributed by atoms with Crippen molar-refractivity contribution in [3.63, 3.8) is 0 Å². The third-order valence-electron chi connectivity index (χ3n) is 1.58. The van der Waals surface area contributed by atoms with E-state index in [2.05, 4.69) is 21.2 Å². The number of aliphatic hydroxyl groups is 1. The Kier molecular flexibility index (Phi) is 3.83. The molecule has 1 aromatic rings. The third-order valence-corrected chi connectivity index (χ3v) is 2.21. The highest BCUT2D eigenvalue weighted by Gasteiger charge is 2.09. The maximum Gasteiger partial charge on any atom is 0.150 e. The van der Waals surface area contributed by atoms with Gasteiger partial charge in [-0.25, -0.2) is 8.78 Å². The first-order valence-corrected chi connectivity index (χ1v) is 4.86. The monoisotopic (exact) mass is 265 g/mol. The fourth-order valence-electron chi connectivity index (χ4n) is 0.961. The average Bonchev–Trinajstić information content (AvgIpc) is 2.01. The topological polar surface area (TPSA) is 32.3 Å². The van der Waals surface area contributed by atoms with E-state index < -0.39 is 17.7 Å². The van der Waals surface area contributed by atoms with Gasteiger partial charge in [0.1, 0.15) is 11.6 Å². The number of nitrogens with one attached hydrogen (secondary N) is 1. The number of rotatable bonds is 3. The van der Waals surface area contributed by atoms with Crippen LogP contribution in [0.3, 0.4) is 0 Å². The van der Waals surface area contributed by atoms with E-state index in [9.17, 15) is 8.78 Å². The minimum Gasteiger partial charge on any atom is -0.392 e. The number of halogens is 3. The van der Waals surface area contributed by atoms with Gasteiger partial charge in [-0.3, -0.25) is 0 Å². The summed E-state index contributed by atoms with van der Waals surface area (Å²) in [6.45, 7) is 1.78. The molecule has 0 aliphatic heterocycles. The molecule has 0 aromatic heterocycles. The van der Waals surface area contributed by atoms with Gasteiger partial charge in [0.15, 0.2) is 0 Å². The van der Waals surface area contributed by atoms with Crippen LogP contribution in [0.15, 0.2) is 16.6 Å². The molecule has 0 amide bonds. The molecule has 2 nitrogen and oxygen atoms in total. The van der Waals surface area contributed by atoms with Crippen molar-refractivity contribution >= 4 is 21.6 Å². The van der Waals surface area contributed by atoms with E-state index in [1.807, 2.05) is 0 Å². The van der Waals surface area contributed by atoms with Crippen molar-refractivity contribution in [1.29, 1.82) is 0 Å². The standard InChI is InChI=1S/C9H10BrF2NO/c1-5(14)4-13-9-7(10)2-6(11)3-8(9)12/h2-3,5,13-14H,4H2,1H3. The number of anilines is 1. The molecule has 0 heterocycles. The van der Waals surface area contributed by atoms with Crippen molar-refractivity contribution in [2.75, 3.05) is 11.9 Å². The van der Waals surface area contributed by atoms with E-state index >= 15 is 0 Å². The van der Waals surface area contributed by atoms with Gasteiger partial charge in [-0.1, -0.05) is 0 Å². The second kappa shape index (κ2) is 4.70. The number of aliphatic hydroxyl groups excluding tert-OH is 1. The lowest BCUT2D eigenvalue weighted by molar-refractivity contribution is 0.208. The number of hydrogen-bond acceptors (Lipinski definition) is 2. The molecule has 0 fully saturated rings. The molecule has 5 heteroatoms. The fraction of sp³-hybridized carbons (Fsp3) is 0.333. The molecule has 0 bridgehead atoms. The predicted octanol–water partition coefficient (Wildman–Crippen LogP) is 2.52. The molecule has 0 radical (unpaired) electrons. The molecule has 0 spiro atoms. The minimum absolute atomic E-state index is 0.160. The van der Waals surface area contributed by atoms with E-state index in [1.165, 1.54) is 0 Å². The first-order valence-electron chi connectivity index (χ1n) is 4.07. The summed E-state index contributed by atoms with van der Waals surface area (Å²) in [5, 5.41) is 11.6. The summed E-state index contributed by atoms with van der Waals surface area (Å²) in [4.78, 5) is 0. The highest BCUT2D eigenvalue weighted by atomic mass is 79.9. The Balaban J connectivity index is 2.86. The Morgan fingerprint density at radius 3 is 2.64 bits per heavy atom. The van der Waals surface area contributed by atoms with Crippen LogP contribution < -0.4 is 5.32 Å². The Labute approximate surface area is 89.1 Å². The lowest BCUT2D eigenvalue weighted by Gasteiger charge is -2.11. The largest absolute Gasteiger partial charge is 0.392 e. The van der Waals surface area contributed by atoms with Crippen LogP contribution in [0.2, 0.25) is 0 Å². The highest BCUT2D eigenvalue weighted by molar-refractivity contribution is 9.10. The van der Waals surface area contributed by atoms with Gasteiger partial charge in [0.05, 0.1) is 11.8 Å². The average molecular weight is 266 g/mol. The third kappa shape index (κ3) is 2.92. The smallest absolute Gasteiger partial charge is 0.150 e. The zero-order valence-corrected chi connectivity index (χ0v) is 9.11. The zero-order chi connectivity index (χ0) is 10.7. The Bertz CT molecular complexity index is 308. The predicted molar refractivity (Wildman–Crippen MR) is 54.2 cm³/mol. The zero-order valence-electron chi connectivity index (χ0n) is 7.52. The number of hydrogen-bond donors (Lipinski definition) is 2. The van der Waals surface area contributed by atoms with Crippen LogP contribution in [0.5, 0.6) is 0 Å². The maximum atomic E-state index is 13.1. The van der Waals surface area contributed by atoms with Gasteiger partial charge in [0, 0.05) is 17.1 Å². The molecule has 0 aliphatic carbocycles. The fourth-order valence-corrected chi connectivity index (χ4v) is 1.51. The second-order valence-corrected chi connectivity index (χ2v) is 3.83. The maximum absolute atomic E-state index is 13.1. The molecular formula is C9H10BrF2NO. The SMILES string of the molecule is CC(O)CNc1c(F)cc(F)cc1Br. The summed E-state index contributed by atoms with van der Waals surface area (Å²) in [7, 11) is 0. The van der Waals surface area contributed by atoms with E-state index in [0.717, 1.165) is 12.1 Å². The van der Waals surface area contributed by atoms with Gasteiger partial charge in [0.2, 0.25) is 0 Å². The molecule has 0 aliphatic rings. The summed E-state index contributed by atoms with van der Waals surface area (Å²) in [6.07, 6.45) is -0.591. The van der Waals surface area contributed by atoms with Gasteiger partial charge < -0.3 is 10.4 Å². The molecule has 78 valence electrons. The summed E-state index contributed by atoms with van der Waals surface area (Å²) < 4.78 is 26.1. The Hall–Kier alpha value is -0.680. The van der Waals surface area contributed by atoms with Gasteiger partial charge in [-0.05, 0) is 28.9 Å². The van der Waals surface area contributed by atoms with Crippen LogP contribution >= 0.6 is 15.9 Å². The number of benzene rings is 1. The van der Waals surface area contributed by atoms with Crippen LogP contribution in [0.4, 0.5) is 14.5 Å². The molecule has 1 rings (SSSR count). The summed E-state index contributed by atoms with van der Waals surface area (Å²) in [5.41, 5.74) is 0.160. The van der Waals surface area contributed by atoms with Gasteiger partial charge in [-0.15, -0.1) is 0 Å². The molecular weight excluding hydrogens is 256 g/mol. The van der Waals surface area contributed by atoms with Gasteiger partial charge in [-0.2, -0.15) is 0 Å².